The van der Waals surface area contributed by atoms with Crippen LogP contribution < -0.4 is 26.3 Å². The molecule has 12 nitrogen and oxygen atoms in total. The second-order valence-electron chi connectivity index (χ2n) is 8.41. The Kier molecular flexibility index (Phi) is 7.78. The van der Waals surface area contributed by atoms with E-state index in [4.69, 9.17) is 10.5 Å². The van der Waals surface area contributed by atoms with Crippen molar-refractivity contribution in [1.29, 1.82) is 0 Å². The van der Waals surface area contributed by atoms with Gasteiger partial charge in [-0.3, -0.25) is 14.6 Å². The third-order valence-corrected chi connectivity index (χ3v) is 6.13. The average Bonchev–Trinajstić information content (AvgIpc) is 3.36. The summed E-state index contributed by atoms with van der Waals surface area (Å²) in [4.78, 5) is 20.8. The number of piperidine rings is 1. The first kappa shape index (κ1) is 25.1. The predicted molar refractivity (Wildman–Crippen MR) is 136 cm³/mol. The Morgan fingerprint density at radius 2 is 2.22 bits per heavy atom. The molecule has 2 aromatic heterocycles. The van der Waals surface area contributed by atoms with Gasteiger partial charge in [-0.25, -0.2) is 4.98 Å². The van der Waals surface area contributed by atoms with E-state index >= 15 is 0 Å². The number of hydrogen-bond donors (Lipinski definition) is 4. The van der Waals surface area contributed by atoms with Crippen LogP contribution in [0, 0.1) is 5.21 Å². The summed E-state index contributed by atoms with van der Waals surface area (Å²) < 4.78 is 7.33. The Bertz CT molecular complexity index is 1210. The van der Waals surface area contributed by atoms with Crippen molar-refractivity contribution in [3.05, 3.63) is 65.9 Å². The second-order valence-corrected chi connectivity index (χ2v) is 8.41. The predicted octanol–water partition coefficient (Wildman–Crippen LogP) is 1.91. The molecular formula is C24H31N9O3. The number of nitrogens with two attached hydrogens (primary N) is 1. The van der Waals surface area contributed by atoms with Crippen molar-refractivity contribution in [2.75, 3.05) is 30.8 Å². The van der Waals surface area contributed by atoms with E-state index in [0.29, 0.717) is 23.7 Å². The van der Waals surface area contributed by atoms with Crippen LogP contribution in [0.1, 0.15) is 41.7 Å². The second kappa shape index (κ2) is 11.2. The van der Waals surface area contributed by atoms with Crippen LogP contribution in [0.15, 0.2) is 49.6 Å². The molecule has 36 heavy (non-hydrogen) atoms. The highest BCUT2D eigenvalue weighted by atomic mass is 16.5. The molecule has 1 fully saturated rings. The van der Waals surface area contributed by atoms with Crippen molar-refractivity contribution < 1.29 is 14.7 Å². The number of anilines is 4. The van der Waals surface area contributed by atoms with Crippen molar-refractivity contribution in [2.24, 2.45) is 5.73 Å². The number of methoxy groups -OCH3 is 1. The van der Waals surface area contributed by atoms with Gasteiger partial charge in [-0.05, 0) is 37.5 Å². The summed E-state index contributed by atoms with van der Waals surface area (Å²) >= 11 is 0. The highest BCUT2D eigenvalue weighted by Crippen LogP contribution is 2.32. The van der Waals surface area contributed by atoms with Gasteiger partial charge in [0.05, 0.1) is 37.3 Å². The van der Waals surface area contributed by atoms with Gasteiger partial charge < -0.3 is 26.3 Å². The zero-order valence-corrected chi connectivity index (χ0v) is 20.4. The van der Waals surface area contributed by atoms with Crippen LogP contribution in [0.4, 0.5) is 23.1 Å². The van der Waals surface area contributed by atoms with Crippen molar-refractivity contribution in [3.63, 3.8) is 0 Å². The van der Waals surface area contributed by atoms with Crippen molar-refractivity contribution in [2.45, 2.75) is 32.2 Å². The summed E-state index contributed by atoms with van der Waals surface area (Å²) in [6.45, 7) is 6.89. The molecule has 3 aromatic rings. The normalized spacial score (nSPS) is 16.8. The van der Waals surface area contributed by atoms with Crippen LogP contribution in [0.25, 0.3) is 0 Å². The van der Waals surface area contributed by atoms with E-state index < -0.39 is 5.91 Å². The van der Waals surface area contributed by atoms with Crippen LogP contribution >= 0.6 is 0 Å². The summed E-state index contributed by atoms with van der Waals surface area (Å²) in [5, 5.41) is 24.5. The van der Waals surface area contributed by atoms with Crippen molar-refractivity contribution in [1.82, 2.24) is 24.8 Å². The molecule has 0 saturated carbocycles. The molecule has 1 aliphatic rings. The fourth-order valence-corrected chi connectivity index (χ4v) is 4.25. The number of quaternary nitrogens is 1. The topological polar surface area (TPSA) is 151 Å². The van der Waals surface area contributed by atoms with Gasteiger partial charge in [0.15, 0.2) is 0 Å². The average molecular weight is 494 g/mol. The summed E-state index contributed by atoms with van der Waals surface area (Å²) in [6, 6.07) is 5.77. The lowest BCUT2D eigenvalue weighted by molar-refractivity contribution is -0.926. The van der Waals surface area contributed by atoms with Gasteiger partial charge in [-0.2, -0.15) is 10.1 Å². The third-order valence-electron chi connectivity index (χ3n) is 6.13. The number of rotatable bonds is 10. The molecule has 5 N–H and O–H groups in total. The number of para-hydroxylation sites is 1. The summed E-state index contributed by atoms with van der Waals surface area (Å²) in [7, 11) is 1.58. The SMILES string of the molecule is C=C[NH+]([O-])N1CCC[C@@H](n2cc(Nc3ncc(C(N)=O)c(Nc4c(CC)cccc4OC)n3)cn2)C1. The molecule has 1 aromatic carbocycles. The number of hydrogen-bond acceptors (Lipinski definition) is 9. The molecule has 2 atom stereocenters. The molecule has 1 unspecified atom stereocenters. The van der Waals surface area contributed by atoms with Gasteiger partial charge in [0, 0.05) is 18.9 Å². The minimum atomic E-state index is -0.652. The van der Waals surface area contributed by atoms with E-state index in [0.717, 1.165) is 31.4 Å². The minimum Gasteiger partial charge on any atom is -0.608 e. The van der Waals surface area contributed by atoms with E-state index in [-0.39, 0.29) is 28.5 Å². The molecular weight excluding hydrogens is 462 g/mol. The van der Waals surface area contributed by atoms with Crippen LogP contribution in [0.3, 0.4) is 0 Å². The number of carbonyl (C=O) groups excluding carboxylic acids is 1. The molecule has 190 valence electrons. The monoisotopic (exact) mass is 493 g/mol. The number of ether oxygens (including phenoxy) is 1. The summed E-state index contributed by atoms with van der Waals surface area (Å²) in [6.07, 6.45) is 8.79. The van der Waals surface area contributed by atoms with Gasteiger partial charge in [-0.15, -0.1) is 5.01 Å². The lowest BCUT2D eigenvalue weighted by Gasteiger charge is -2.36. The van der Waals surface area contributed by atoms with E-state index in [2.05, 4.69) is 32.3 Å². The molecule has 0 bridgehead atoms. The number of aryl methyl sites for hydroxylation is 1. The van der Waals surface area contributed by atoms with E-state index in [1.165, 1.54) is 12.4 Å². The molecule has 1 amide bonds. The minimum absolute atomic E-state index is 0.0617. The van der Waals surface area contributed by atoms with Crippen LogP contribution in [-0.4, -0.2) is 50.9 Å². The highest BCUT2D eigenvalue weighted by molar-refractivity contribution is 5.98. The zero-order chi connectivity index (χ0) is 25.7. The lowest BCUT2D eigenvalue weighted by atomic mass is 10.1. The Morgan fingerprint density at radius 1 is 1.39 bits per heavy atom. The molecule has 0 radical (unpaired) electrons. The molecule has 1 aliphatic heterocycles. The maximum atomic E-state index is 12.1. The van der Waals surface area contributed by atoms with E-state index in [1.807, 2.05) is 36.0 Å². The number of nitrogens with zero attached hydrogens (tertiary/aromatic N) is 5. The summed E-state index contributed by atoms with van der Waals surface area (Å²) in [5.41, 5.74) is 8.11. The molecule has 0 aliphatic carbocycles. The molecule has 4 rings (SSSR count). The van der Waals surface area contributed by atoms with Gasteiger partial charge in [0.25, 0.3) is 5.91 Å². The Labute approximate surface area is 209 Å². The molecule has 1 saturated heterocycles. The smallest absolute Gasteiger partial charge is 0.254 e. The largest absolute Gasteiger partial charge is 0.608 e. The number of benzene rings is 1. The Balaban J connectivity index is 1.56. The number of aromatic nitrogens is 4. The lowest BCUT2D eigenvalue weighted by Crippen LogP contribution is -3.10. The first-order chi connectivity index (χ1) is 17.4. The highest BCUT2D eigenvalue weighted by Gasteiger charge is 2.25. The number of carbonyl (C=O) groups is 1. The zero-order valence-electron chi connectivity index (χ0n) is 20.4. The van der Waals surface area contributed by atoms with Gasteiger partial charge in [0.1, 0.15) is 23.3 Å². The number of amides is 1. The third kappa shape index (κ3) is 5.46. The Morgan fingerprint density at radius 3 is 2.94 bits per heavy atom. The van der Waals surface area contributed by atoms with Gasteiger partial charge >= 0.3 is 0 Å². The van der Waals surface area contributed by atoms with E-state index in [1.54, 1.807) is 18.3 Å². The van der Waals surface area contributed by atoms with Crippen LogP contribution in [0.2, 0.25) is 0 Å². The number of nitrogens with one attached hydrogen (secondary N) is 3. The fourth-order valence-electron chi connectivity index (χ4n) is 4.25. The quantitative estimate of drug-likeness (QED) is 0.310. The summed E-state index contributed by atoms with van der Waals surface area (Å²) in [5.74, 6) is 0.496. The molecule has 12 heteroatoms. The number of hydroxylamine groups is 1. The van der Waals surface area contributed by atoms with Crippen molar-refractivity contribution >= 4 is 29.0 Å². The fraction of sp³-hybridized carbons (Fsp3) is 0.333. The number of primary amides is 1. The van der Waals surface area contributed by atoms with Crippen LogP contribution in [-0.2, 0) is 6.42 Å². The Hall–Kier alpha value is -4.00. The standard InChI is InChI=1S/C24H31N9O3/c1-4-16-8-6-10-20(36-3)21(16)29-23-19(22(25)34)13-26-24(30-23)28-17-12-27-32(14-17)18-9-7-11-31(15-18)33(35)5-2/h5-6,8,10,12-14,18,33H,2,4,7,9,11,15H2,1,3H3,(H2,25,34)(H2,26,28,29,30)/t18-/m1/s1. The van der Waals surface area contributed by atoms with Gasteiger partial charge in [-0.1, -0.05) is 19.1 Å². The first-order valence-corrected chi connectivity index (χ1v) is 11.8. The first-order valence-electron chi connectivity index (χ1n) is 11.8. The van der Waals surface area contributed by atoms with Gasteiger partial charge in [0.2, 0.25) is 5.95 Å². The maximum absolute atomic E-state index is 12.1. The van der Waals surface area contributed by atoms with Crippen molar-refractivity contribution in [3.8, 4) is 5.75 Å². The molecule has 0 spiro atoms. The van der Waals surface area contributed by atoms with Crippen LogP contribution in [0.5, 0.6) is 5.75 Å². The maximum Gasteiger partial charge on any atom is 0.254 e. The van der Waals surface area contributed by atoms with E-state index in [9.17, 15) is 10.0 Å². The molecule has 3 heterocycles.